The van der Waals surface area contributed by atoms with E-state index in [1.54, 1.807) is 63.4 Å². The number of ether oxygens (including phenoxy) is 2. The minimum absolute atomic E-state index is 0.0920. The van der Waals surface area contributed by atoms with Crippen LogP contribution in [-0.2, 0) is 9.59 Å². The van der Waals surface area contributed by atoms with Crippen molar-refractivity contribution in [2.75, 3.05) is 19.5 Å². The predicted octanol–water partition coefficient (Wildman–Crippen LogP) is 2.77. The Morgan fingerprint density at radius 2 is 1.72 bits per heavy atom. The minimum atomic E-state index is -0.951. The summed E-state index contributed by atoms with van der Waals surface area (Å²) >= 11 is 0. The first-order valence-corrected chi connectivity index (χ1v) is 9.01. The van der Waals surface area contributed by atoms with Gasteiger partial charge in [0.25, 0.3) is 5.91 Å². The van der Waals surface area contributed by atoms with Crippen molar-refractivity contribution in [2.45, 2.75) is 13.8 Å². The third-order valence-corrected chi connectivity index (χ3v) is 4.22. The summed E-state index contributed by atoms with van der Waals surface area (Å²) in [6, 6.07) is 11.7. The number of aromatic hydroxyl groups is 1. The molecule has 0 bridgehead atoms. The van der Waals surface area contributed by atoms with Gasteiger partial charge in [0, 0.05) is 11.3 Å². The maximum atomic E-state index is 12.6. The smallest absolute Gasteiger partial charge is 0.252 e. The lowest BCUT2D eigenvalue weighted by atomic mass is 9.94. The summed E-state index contributed by atoms with van der Waals surface area (Å²) in [5.74, 6) is -1.34. The van der Waals surface area contributed by atoms with E-state index >= 15 is 0 Å². The summed E-state index contributed by atoms with van der Waals surface area (Å²) in [5, 5.41) is 16.6. The van der Waals surface area contributed by atoms with Gasteiger partial charge in [0.2, 0.25) is 5.91 Å². The Morgan fingerprint density at radius 3 is 2.31 bits per heavy atom. The van der Waals surface area contributed by atoms with Crippen LogP contribution in [0.2, 0.25) is 0 Å². The number of anilines is 1. The lowest BCUT2D eigenvalue weighted by Gasteiger charge is -2.18. The number of phenolic OH excluding ortho intramolecular Hbond substituents is 1. The van der Waals surface area contributed by atoms with Gasteiger partial charge >= 0.3 is 0 Å². The fourth-order valence-electron chi connectivity index (χ4n) is 2.66. The molecule has 0 saturated heterocycles. The molecule has 2 rings (SSSR count). The highest BCUT2D eigenvalue weighted by molar-refractivity contribution is 6.06. The fraction of sp³-hybridized carbons (Fsp3) is 0.286. The van der Waals surface area contributed by atoms with Crippen molar-refractivity contribution < 1.29 is 24.2 Å². The van der Waals surface area contributed by atoms with Gasteiger partial charge in [-0.15, -0.1) is 0 Å². The lowest BCUT2D eigenvalue weighted by molar-refractivity contribution is -0.134. The monoisotopic (exact) mass is 399 g/mol. The van der Waals surface area contributed by atoms with Crippen LogP contribution in [-0.4, -0.2) is 37.4 Å². The largest absolute Gasteiger partial charge is 0.504 e. The summed E-state index contributed by atoms with van der Waals surface area (Å²) < 4.78 is 10.1. The molecule has 8 nitrogen and oxygen atoms in total. The van der Waals surface area contributed by atoms with E-state index in [9.17, 15) is 14.7 Å². The van der Waals surface area contributed by atoms with Gasteiger partial charge in [0.1, 0.15) is 11.7 Å². The van der Waals surface area contributed by atoms with E-state index < -0.39 is 17.7 Å². The summed E-state index contributed by atoms with van der Waals surface area (Å²) in [7, 11) is 2.99. The zero-order valence-corrected chi connectivity index (χ0v) is 16.8. The normalized spacial score (nSPS) is 11.9. The second kappa shape index (κ2) is 10.1. The standard InChI is InChI=1S/C21H25N3O5/c1-13(2)18(20(26)23-15-8-10-16(28-3)11-9-15)21(27)24-22-12-14-6-5-7-17(29-4)19(14)25/h5-13,18,25H,1-4H3,(H,23,26)(H,24,27). The molecular formula is C21H25N3O5. The molecular weight excluding hydrogens is 374 g/mol. The highest BCUT2D eigenvalue weighted by Gasteiger charge is 2.30. The SMILES string of the molecule is COc1ccc(NC(=O)C(C(=O)NN=Cc2cccc(OC)c2O)C(C)C)cc1. The average molecular weight is 399 g/mol. The second-order valence-corrected chi connectivity index (χ2v) is 6.57. The fourth-order valence-corrected chi connectivity index (χ4v) is 2.66. The molecule has 8 heteroatoms. The number of para-hydroxylation sites is 1. The van der Waals surface area contributed by atoms with Crippen LogP contribution >= 0.6 is 0 Å². The maximum absolute atomic E-state index is 12.6. The molecule has 0 aliphatic rings. The van der Waals surface area contributed by atoms with Crippen molar-refractivity contribution in [1.82, 2.24) is 5.43 Å². The molecule has 29 heavy (non-hydrogen) atoms. The van der Waals surface area contributed by atoms with Crippen molar-refractivity contribution >= 4 is 23.7 Å². The van der Waals surface area contributed by atoms with Gasteiger partial charge < -0.3 is 19.9 Å². The summed E-state index contributed by atoms with van der Waals surface area (Å²) in [5.41, 5.74) is 3.28. The molecule has 0 aliphatic heterocycles. The number of phenols is 1. The molecule has 3 N–H and O–H groups in total. The Bertz CT molecular complexity index is 878. The van der Waals surface area contributed by atoms with E-state index in [2.05, 4.69) is 15.8 Å². The van der Waals surface area contributed by atoms with Crippen LogP contribution in [0.15, 0.2) is 47.6 Å². The topological polar surface area (TPSA) is 109 Å². The Hall–Kier alpha value is -3.55. The number of hydrogen-bond donors (Lipinski definition) is 3. The van der Waals surface area contributed by atoms with Crippen molar-refractivity contribution in [2.24, 2.45) is 16.9 Å². The quantitative estimate of drug-likeness (QED) is 0.359. The van der Waals surface area contributed by atoms with E-state index in [-0.39, 0.29) is 11.7 Å². The molecule has 0 saturated carbocycles. The Balaban J connectivity index is 2.05. The number of rotatable bonds is 8. The van der Waals surface area contributed by atoms with Gasteiger partial charge in [0.05, 0.1) is 20.4 Å². The van der Waals surface area contributed by atoms with Gasteiger partial charge in [-0.25, -0.2) is 5.43 Å². The summed E-state index contributed by atoms with van der Waals surface area (Å²) in [6.07, 6.45) is 1.29. The molecule has 2 aromatic carbocycles. The molecule has 0 aliphatic carbocycles. The number of amides is 2. The average Bonchev–Trinajstić information content (AvgIpc) is 2.69. The molecule has 0 spiro atoms. The zero-order chi connectivity index (χ0) is 21.4. The second-order valence-electron chi connectivity index (χ2n) is 6.57. The van der Waals surface area contributed by atoms with Crippen LogP contribution in [0.4, 0.5) is 5.69 Å². The number of nitrogens with one attached hydrogen (secondary N) is 2. The molecule has 2 amide bonds. The number of nitrogens with zero attached hydrogens (tertiary/aromatic N) is 1. The number of benzene rings is 2. The number of hydrogen-bond acceptors (Lipinski definition) is 6. The van der Waals surface area contributed by atoms with Gasteiger partial charge in [-0.05, 0) is 42.3 Å². The zero-order valence-electron chi connectivity index (χ0n) is 16.8. The van der Waals surface area contributed by atoms with Crippen LogP contribution in [0.5, 0.6) is 17.2 Å². The Labute approximate surface area is 169 Å². The highest BCUT2D eigenvalue weighted by Crippen LogP contribution is 2.28. The van der Waals surface area contributed by atoms with E-state index in [1.807, 2.05) is 0 Å². The molecule has 0 heterocycles. The highest BCUT2D eigenvalue weighted by atomic mass is 16.5. The third-order valence-electron chi connectivity index (χ3n) is 4.22. The number of hydrazone groups is 1. The van der Waals surface area contributed by atoms with Crippen LogP contribution < -0.4 is 20.2 Å². The molecule has 1 atom stereocenters. The van der Waals surface area contributed by atoms with Gasteiger partial charge in [-0.1, -0.05) is 19.9 Å². The predicted molar refractivity (Wildman–Crippen MR) is 110 cm³/mol. The van der Waals surface area contributed by atoms with E-state index in [0.717, 1.165) is 0 Å². The van der Waals surface area contributed by atoms with Gasteiger partial charge in [-0.2, -0.15) is 5.10 Å². The van der Waals surface area contributed by atoms with Gasteiger partial charge in [-0.3, -0.25) is 9.59 Å². The van der Waals surface area contributed by atoms with E-state index in [4.69, 9.17) is 9.47 Å². The van der Waals surface area contributed by atoms with Gasteiger partial charge in [0.15, 0.2) is 11.5 Å². The number of carbonyl (C=O) groups is 2. The van der Waals surface area contributed by atoms with Crippen LogP contribution in [0.1, 0.15) is 19.4 Å². The van der Waals surface area contributed by atoms with Crippen molar-refractivity contribution in [1.29, 1.82) is 0 Å². The number of methoxy groups -OCH3 is 2. The lowest BCUT2D eigenvalue weighted by Crippen LogP contribution is -2.39. The number of carbonyl (C=O) groups excluding carboxylic acids is 2. The molecule has 2 aromatic rings. The van der Waals surface area contributed by atoms with Crippen LogP contribution in [0.25, 0.3) is 0 Å². The van der Waals surface area contributed by atoms with E-state index in [1.165, 1.54) is 13.3 Å². The van der Waals surface area contributed by atoms with Crippen LogP contribution in [0, 0.1) is 11.8 Å². The Morgan fingerprint density at radius 1 is 1.03 bits per heavy atom. The summed E-state index contributed by atoms with van der Waals surface area (Å²) in [4.78, 5) is 25.1. The maximum Gasteiger partial charge on any atom is 0.252 e. The molecule has 1 unspecified atom stereocenters. The van der Waals surface area contributed by atoms with E-state index in [0.29, 0.717) is 22.7 Å². The molecule has 0 fully saturated rings. The van der Waals surface area contributed by atoms with Crippen molar-refractivity contribution in [3.05, 3.63) is 48.0 Å². The third kappa shape index (κ3) is 5.71. The van der Waals surface area contributed by atoms with Crippen molar-refractivity contribution in [3.8, 4) is 17.2 Å². The molecule has 0 radical (unpaired) electrons. The van der Waals surface area contributed by atoms with Crippen molar-refractivity contribution in [3.63, 3.8) is 0 Å². The first-order chi connectivity index (χ1) is 13.9. The summed E-state index contributed by atoms with van der Waals surface area (Å²) in [6.45, 7) is 3.55. The minimum Gasteiger partial charge on any atom is -0.504 e. The molecule has 154 valence electrons. The Kier molecular flexibility index (Phi) is 7.59. The molecule has 0 aromatic heterocycles. The first-order valence-electron chi connectivity index (χ1n) is 9.01. The first kappa shape index (κ1) is 21.7. The van der Waals surface area contributed by atoms with Crippen LogP contribution in [0.3, 0.4) is 0 Å².